The lowest BCUT2D eigenvalue weighted by atomic mass is 10.1. The predicted molar refractivity (Wildman–Crippen MR) is 44.6 cm³/mol. The lowest BCUT2D eigenvalue weighted by Gasteiger charge is -2.15. The first-order chi connectivity index (χ1) is 4.68. The zero-order valence-electron chi connectivity index (χ0n) is 7.28. The summed E-state index contributed by atoms with van der Waals surface area (Å²) in [5.41, 5.74) is 7.49. The number of unbranched alkanes of at least 4 members (excludes halogenated alkanes) is 1. The molecule has 0 saturated heterocycles. The normalized spacial score (nSPS) is 14.1. The van der Waals surface area contributed by atoms with Crippen LogP contribution in [0.3, 0.4) is 0 Å². The monoisotopic (exact) mass is 143 g/mol. The third kappa shape index (κ3) is 4.77. The van der Waals surface area contributed by atoms with Gasteiger partial charge >= 0.3 is 0 Å². The van der Waals surface area contributed by atoms with Crippen molar-refractivity contribution in [1.82, 2.24) is 11.1 Å². The fourth-order valence-corrected chi connectivity index (χ4v) is 0.670. The van der Waals surface area contributed by atoms with Crippen molar-refractivity contribution in [2.75, 3.05) is 6.54 Å². The highest BCUT2D eigenvalue weighted by Gasteiger charge is 2.04. The molecule has 2 heteroatoms. The van der Waals surface area contributed by atoms with Crippen LogP contribution >= 0.6 is 0 Å². The van der Waals surface area contributed by atoms with Crippen LogP contribution in [0.2, 0.25) is 0 Å². The molecule has 0 aliphatic carbocycles. The second-order valence-corrected chi connectivity index (χ2v) is 3.03. The van der Waals surface area contributed by atoms with Crippen molar-refractivity contribution in [3.63, 3.8) is 0 Å². The summed E-state index contributed by atoms with van der Waals surface area (Å²) >= 11 is 0. The summed E-state index contributed by atoms with van der Waals surface area (Å²) in [6, 6.07) is 0. The molecule has 10 heavy (non-hydrogen) atoms. The average Bonchev–Trinajstić information content (AvgIpc) is 1.88. The molecule has 0 fully saturated rings. The molecule has 0 amide bonds. The molecule has 0 aromatic heterocycles. The predicted octanol–water partition coefficient (Wildman–Crippen LogP) is 1.64. The quantitative estimate of drug-likeness (QED) is 0.583. The van der Waals surface area contributed by atoms with Gasteiger partial charge in [-0.3, -0.25) is 0 Å². The van der Waals surface area contributed by atoms with E-state index < -0.39 is 0 Å². The van der Waals surface area contributed by atoms with Crippen LogP contribution in [-0.2, 0) is 0 Å². The molecule has 0 bridgehead atoms. The Bertz CT molecular complexity index is 71.7. The highest BCUT2D eigenvalue weighted by Crippen LogP contribution is 1.96. The fraction of sp³-hybridized carbons (Fsp3) is 1.00. The molecule has 0 rings (SSSR count). The summed E-state index contributed by atoms with van der Waals surface area (Å²) < 4.78 is 0. The highest BCUT2D eigenvalue weighted by molar-refractivity contribution is 4.60. The van der Waals surface area contributed by atoms with Crippen molar-refractivity contribution in [1.29, 1.82) is 0 Å². The molecule has 1 unspecified atom stereocenters. The second kappa shape index (κ2) is 5.69. The maximum absolute atomic E-state index is 7.49. The van der Waals surface area contributed by atoms with Gasteiger partial charge in [-0.1, -0.05) is 27.2 Å². The lowest BCUT2D eigenvalue weighted by Crippen LogP contribution is -2.35. The van der Waals surface area contributed by atoms with E-state index in [4.69, 9.17) is 5.73 Å². The minimum Gasteiger partial charge on any atom is -0.301 e. The molecule has 1 radical (unpaired) electrons. The van der Waals surface area contributed by atoms with Crippen LogP contribution in [0.1, 0.15) is 33.6 Å². The molecule has 0 aliphatic heterocycles. The third-order valence-electron chi connectivity index (χ3n) is 1.56. The number of hydrogen-bond donors (Lipinski definition) is 1. The molecular formula is C8H19N2. The Morgan fingerprint density at radius 3 is 2.40 bits per heavy atom. The van der Waals surface area contributed by atoms with Gasteiger partial charge in [-0.2, -0.15) is 0 Å². The van der Waals surface area contributed by atoms with Crippen molar-refractivity contribution >= 4 is 0 Å². The molecule has 1 atom stereocenters. The fourth-order valence-electron chi connectivity index (χ4n) is 0.670. The smallest absolute Gasteiger partial charge is 0.0727 e. The number of nitrogens with one attached hydrogen (secondary N) is 2. The van der Waals surface area contributed by atoms with Crippen molar-refractivity contribution in [3.05, 3.63) is 0 Å². The topological polar surface area (TPSA) is 35.8 Å². The van der Waals surface area contributed by atoms with E-state index in [0.29, 0.717) is 5.92 Å². The summed E-state index contributed by atoms with van der Waals surface area (Å²) in [5.74, 6) is 0.428. The van der Waals surface area contributed by atoms with E-state index in [0.717, 1.165) is 6.54 Å². The minimum atomic E-state index is -0.0773. The molecule has 0 spiro atoms. The first-order valence-corrected chi connectivity index (χ1v) is 4.13. The first kappa shape index (κ1) is 9.92. The van der Waals surface area contributed by atoms with Gasteiger partial charge < -0.3 is 5.32 Å². The van der Waals surface area contributed by atoms with Gasteiger partial charge in [0, 0.05) is 0 Å². The maximum Gasteiger partial charge on any atom is 0.0727 e. The van der Waals surface area contributed by atoms with E-state index in [-0.39, 0.29) is 6.17 Å². The van der Waals surface area contributed by atoms with E-state index in [9.17, 15) is 0 Å². The Balaban J connectivity index is 3.13. The van der Waals surface area contributed by atoms with Crippen LogP contribution in [0.5, 0.6) is 0 Å². The van der Waals surface area contributed by atoms with Crippen LogP contribution in [-0.4, -0.2) is 12.7 Å². The van der Waals surface area contributed by atoms with E-state index in [1.165, 1.54) is 12.8 Å². The van der Waals surface area contributed by atoms with Crippen LogP contribution in [0.15, 0.2) is 0 Å². The van der Waals surface area contributed by atoms with Gasteiger partial charge in [0.15, 0.2) is 0 Å². The van der Waals surface area contributed by atoms with Crippen molar-refractivity contribution in [2.24, 2.45) is 5.92 Å². The molecule has 61 valence electrons. The Morgan fingerprint density at radius 1 is 1.40 bits per heavy atom. The van der Waals surface area contributed by atoms with Crippen molar-refractivity contribution in [2.45, 2.75) is 39.8 Å². The summed E-state index contributed by atoms with van der Waals surface area (Å²) in [6.07, 6.45) is 2.31. The highest BCUT2D eigenvalue weighted by atomic mass is 15.0. The lowest BCUT2D eigenvalue weighted by molar-refractivity contribution is 0.396. The number of rotatable bonds is 5. The van der Waals surface area contributed by atoms with E-state index >= 15 is 0 Å². The zero-order valence-corrected chi connectivity index (χ0v) is 7.28. The zero-order chi connectivity index (χ0) is 7.98. The van der Waals surface area contributed by atoms with Gasteiger partial charge in [-0.05, 0) is 18.9 Å². The molecule has 0 heterocycles. The SMILES string of the molecule is CCCCNC([NH])C(C)C. The van der Waals surface area contributed by atoms with Crippen LogP contribution in [0.25, 0.3) is 0 Å². The van der Waals surface area contributed by atoms with Gasteiger partial charge in [0.1, 0.15) is 0 Å². The van der Waals surface area contributed by atoms with Crippen LogP contribution < -0.4 is 11.1 Å². The molecule has 0 aliphatic rings. The summed E-state index contributed by atoms with van der Waals surface area (Å²) in [4.78, 5) is 0. The molecule has 2 N–H and O–H groups in total. The van der Waals surface area contributed by atoms with E-state index in [1.807, 2.05) is 0 Å². The summed E-state index contributed by atoms with van der Waals surface area (Å²) in [5, 5.41) is 3.15. The maximum atomic E-state index is 7.49. The Hall–Kier alpha value is -0.0800. The molecular weight excluding hydrogens is 124 g/mol. The second-order valence-electron chi connectivity index (χ2n) is 3.03. The van der Waals surface area contributed by atoms with Crippen LogP contribution in [0, 0.1) is 5.92 Å². The summed E-state index contributed by atoms with van der Waals surface area (Å²) in [6.45, 7) is 7.28. The minimum absolute atomic E-state index is 0.0773. The number of hydrogen-bond acceptors (Lipinski definition) is 1. The average molecular weight is 143 g/mol. The Morgan fingerprint density at radius 2 is 2.00 bits per heavy atom. The van der Waals surface area contributed by atoms with E-state index in [2.05, 4.69) is 26.1 Å². The van der Waals surface area contributed by atoms with Crippen LogP contribution in [0.4, 0.5) is 0 Å². The van der Waals surface area contributed by atoms with Gasteiger partial charge in [-0.25, -0.2) is 5.73 Å². The Labute approximate surface area is 64.2 Å². The molecule has 0 aromatic rings. The standard InChI is InChI=1S/C8H19N2/c1-4-5-6-10-8(9)7(2)3/h7-10H,4-6H2,1-3H3. The van der Waals surface area contributed by atoms with E-state index in [1.54, 1.807) is 0 Å². The largest absolute Gasteiger partial charge is 0.301 e. The van der Waals surface area contributed by atoms with Gasteiger partial charge in [0.2, 0.25) is 0 Å². The molecule has 0 aromatic carbocycles. The van der Waals surface area contributed by atoms with Gasteiger partial charge in [0.25, 0.3) is 0 Å². The van der Waals surface area contributed by atoms with Crippen molar-refractivity contribution < 1.29 is 0 Å². The first-order valence-electron chi connectivity index (χ1n) is 4.13. The molecule has 2 nitrogen and oxygen atoms in total. The third-order valence-corrected chi connectivity index (χ3v) is 1.56. The molecule has 0 saturated carbocycles. The van der Waals surface area contributed by atoms with Crippen molar-refractivity contribution in [3.8, 4) is 0 Å². The Kier molecular flexibility index (Phi) is 5.64. The van der Waals surface area contributed by atoms with Gasteiger partial charge in [-0.15, -0.1) is 0 Å². The summed E-state index contributed by atoms with van der Waals surface area (Å²) in [7, 11) is 0. The van der Waals surface area contributed by atoms with Gasteiger partial charge in [0.05, 0.1) is 6.17 Å².